The highest BCUT2D eigenvalue weighted by Gasteiger charge is 2.34. The van der Waals surface area contributed by atoms with Crippen molar-refractivity contribution in [1.82, 2.24) is 9.97 Å². The third-order valence-corrected chi connectivity index (χ3v) is 5.36. The van der Waals surface area contributed by atoms with E-state index in [1.54, 1.807) is 35.2 Å². The average molecular weight is 449 g/mol. The molecule has 162 valence electrons. The molecule has 1 saturated heterocycles. The van der Waals surface area contributed by atoms with Crippen LogP contribution in [0.2, 0.25) is 5.02 Å². The monoisotopic (exact) mass is 448 g/mol. The molecule has 0 aliphatic carbocycles. The number of hydrogen-bond acceptors (Lipinski definition) is 5. The van der Waals surface area contributed by atoms with E-state index >= 15 is 0 Å². The molecule has 0 atom stereocenters. The number of ether oxygens (including phenoxy) is 1. The maximum Gasteiger partial charge on any atom is 0.433 e. The number of rotatable bonds is 4. The molecule has 0 radical (unpaired) electrons. The quantitative estimate of drug-likeness (QED) is 0.552. The fraction of sp³-hybridized carbons (Fsp3) is 0.273. The fourth-order valence-electron chi connectivity index (χ4n) is 3.47. The SMILES string of the molecule is COc1ccc(-c2cc(C(F)(F)F)nc(N3CCN(c4cccc(Cl)c4)CC3)n2)cc1. The second kappa shape index (κ2) is 8.63. The summed E-state index contributed by atoms with van der Waals surface area (Å²) in [4.78, 5) is 12.2. The summed E-state index contributed by atoms with van der Waals surface area (Å²) < 4.78 is 45.7. The maximum absolute atomic E-state index is 13.5. The number of aromatic nitrogens is 2. The number of methoxy groups -OCH3 is 1. The Morgan fingerprint density at radius 2 is 1.58 bits per heavy atom. The fourth-order valence-corrected chi connectivity index (χ4v) is 3.65. The second-order valence-corrected chi connectivity index (χ2v) is 7.56. The van der Waals surface area contributed by atoms with E-state index in [1.165, 1.54) is 7.11 Å². The summed E-state index contributed by atoms with van der Waals surface area (Å²) in [5, 5.41) is 0.644. The molecule has 0 amide bonds. The Labute approximate surface area is 183 Å². The normalized spacial score (nSPS) is 14.6. The summed E-state index contributed by atoms with van der Waals surface area (Å²) in [7, 11) is 1.53. The van der Waals surface area contributed by atoms with E-state index in [1.807, 2.05) is 18.2 Å². The van der Waals surface area contributed by atoms with Crippen LogP contribution in [0.1, 0.15) is 5.69 Å². The number of benzene rings is 2. The predicted octanol–water partition coefficient (Wildman–Crippen LogP) is 5.15. The topological polar surface area (TPSA) is 41.5 Å². The molecule has 4 rings (SSSR count). The Hall–Kier alpha value is -3.00. The summed E-state index contributed by atoms with van der Waals surface area (Å²) in [6.45, 7) is 2.24. The van der Waals surface area contributed by atoms with Crippen LogP contribution in [-0.2, 0) is 6.18 Å². The largest absolute Gasteiger partial charge is 0.497 e. The number of halogens is 4. The van der Waals surface area contributed by atoms with Gasteiger partial charge in [-0.3, -0.25) is 0 Å². The molecule has 3 aromatic rings. The van der Waals surface area contributed by atoms with Crippen molar-refractivity contribution in [3.8, 4) is 17.0 Å². The third kappa shape index (κ3) is 4.85. The van der Waals surface area contributed by atoms with Crippen LogP contribution in [0, 0.1) is 0 Å². The van der Waals surface area contributed by atoms with Crippen molar-refractivity contribution < 1.29 is 17.9 Å². The Balaban J connectivity index is 1.60. The first-order valence-corrected chi connectivity index (χ1v) is 10.1. The highest BCUT2D eigenvalue weighted by Crippen LogP contribution is 2.32. The summed E-state index contributed by atoms with van der Waals surface area (Å²) in [6, 6.07) is 15.2. The van der Waals surface area contributed by atoms with Gasteiger partial charge in [0.25, 0.3) is 0 Å². The number of piperazine rings is 1. The number of alkyl halides is 3. The van der Waals surface area contributed by atoms with Crippen molar-refractivity contribution in [2.45, 2.75) is 6.18 Å². The van der Waals surface area contributed by atoms with Crippen molar-refractivity contribution in [3.05, 3.63) is 65.3 Å². The molecule has 9 heteroatoms. The van der Waals surface area contributed by atoms with E-state index < -0.39 is 11.9 Å². The van der Waals surface area contributed by atoms with E-state index in [0.29, 0.717) is 42.5 Å². The molecular weight excluding hydrogens is 429 g/mol. The lowest BCUT2D eigenvalue weighted by atomic mass is 10.1. The minimum Gasteiger partial charge on any atom is -0.497 e. The van der Waals surface area contributed by atoms with Crippen molar-refractivity contribution in [2.75, 3.05) is 43.1 Å². The summed E-state index contributed by atoms with van der Waals surface area (Å²) >= 11 is 6.07. The van der Waals surface area contributed by atoms with E-state index in [9.17, 15) is 13.2 Å². The van der Waals surface area contributed by atoms with Crippen molar-refractivity contribution >= 4 is 23.2 Å². The zero-order valence-electron chi connectivity index (χ0n) is 16.7. The Kier molecular flexibility index (Phi) is 5.91. The lowest BCUT2D eigenvalue weighted by Crippen LogP contribution is -2.47. The van der Waals surface area contributed by atoms with E-state index in [0.717, 1.165) is 11.8 Å². The van der Waals surface area contributed by atoms with Crippen LogP contribution >= 0.6 is 11.6 Å². The first-order valence-electron chi connectivity index (χ1n) is 9.69. The molecule has 5 nitrogen and oxygen atoms in total. The van der Waals surface area contributed by atoms with E-state index in [2.05, 4.69) is 14.9 Å². The number of nitrogens with zero attached hydrogens (tertiary/aromatic N) is 4. The Morgan fingerprint density at radius 1 is 0.903 bits per heavy atom. The molecule has 0 spiro atoms. The van der Waals surface area contributed by atoms with Gasteiger partial charge in [-0.15, -0.1) is 0 Å². The molecule has 0 saturated carbocycles. The Bertz CT molecular complexity index is 1050. The van der Waals surface area contributed by atoms with Gasteiger partial charge < -0.3 is 14.5 Å². The zero-order valence-corrected chi connectivity index (χ0v) is 17.5. The highest BCUT2D eigenvalue weighted by atomic mass is 35.5. The van der Waals surface area contributed by atoms with Crippen molar-refractivity contribution in [2.24, 2.45) is 0 Å². The van der Waals surface area contributed by atoms with Crippen LogP contribution in [0.4, 0.5) is 24.8 Å². The predicted molar refractivity (Wildman–Crippen MR) is 115 cm³/mol. The third-order valence-electron chi connectivity index (χ3n) is 5.13. The molecule has 2 aromatic carbocycles. The van der Waals surface area contributed by atoms with Crippen molar-refractivity contribution in [1.29, 1.82) is 0 Å². The van der Waals surface area contributed by atoms with Crippen LogP contribution in [0.25, 0.3) is 11.3 Å². The first kappa shape index (κ1) is 21.2. The molecule has 0 bridgehead atoms. The van der Waals surface area contributed by atoms with E-state index in [4.69, 9.17) is 16.3 Å². The number of hydrogen-bond donors (Lipinski definition) is 0. The molecule has 31 heavy (non-hydrogen) atoms. The molecule has 2 heterocycles. The zero-order chi connectivity index (χ0) is 22.0. The van der Waals surface area contributed by atoms with Crippen LogP contribution in [0.15, 0.2) is 54.6 Å². The minimum atomic E-state index is -4.57. The molecule has 1 fully saturated rings. The van der Waals surface area contributed by atoms with Gasteiger partial charge in [0.2, 0.25) is 5.95 Å². The first-order chi connectivity index (χ1) is 14.8. The molecule has 1 aromatic heterocycles. The van der Waals surface area contributed by atoms with Crippen LogP contribution in [0.5, 0.6) is 5.75 Å². The van der Waals surface area contributed by atoms with Gasteiger partial charge in [0.05, 0.1) is 12.8 Å². The molecule has 0 N–H and O–H groups in total. The minimum absolute atomic E-state index is 0.0754. The molecule has 1 aliphatic heterocycles. The lowest BCUT2D eigenvalue weighted by molar-refractivity contribution is -0.141. The Morgan fingerprint density at radius 3 is 2.19 bits per heavy atom. The van der Waals surface area contributed by atoms with Crippen LogP contribution < -0.4 is 14.5 Å². The van der Waals surface area contributed by atoms with Gasteiger partial charge in [0, 0.05) is 42.5 Å². The maximum atomic E-state index is 13.5. The number of anilines is 2. The molecule has 1 aliphatic rings. The smallest absolute Gasteiger partial charge is 0.433 e. The van der Waals surface area contributed by atoms with Gasteiger partial charge in [-0.25, -0.2) is 9.97 Å². The van der Waals surface area contributed by atoms with Gasteiger partial charge >= 0.3 is 6.18 Å². The van der Waals surface area contributed by atoms with E-state index in [-0.39, 0.29) is 11.6 Å². The molecular formula is C22H20ClF3N4O. The highest BCUT2D eigenvalue weighted by molar-refractivity contribution is 6.30. The van der Waals surface area contributed by atoms with Gasteiger partial charge in [-0.2, -0.15) is 13.2 Å². The standard InChI is InChI=1S/C22H20ClF3N4O/c1-31-18-7-5-15(6-8-18)19-14-20(22(24,25)26)28-21(27-19)30-11-9-29(10-12-30)17-4-2-3-16(23)13-17/h2-8,13-14H,9-12H2,1H3. The van der Waals surface area contributed by atoms with Gasteiger partial charge in [-0.1, -0.05) is 17.7 Å². The van der Waals surface area contributed by atoms with Gasteiger partial charge in [-0.05, 0) is 48.5 Å². The van der Waals surface area contributed by atoms with Gasteiger partial charge in [0.15, 0.2) is 5.69 Å². The summed E-state index contributed by atoms with van der Waals surface area (Å²) in [6.07, 6.45) is -4.57. The molecule has 0 unspecified atom stereocenters. The van der Waals surface area contributed by atoms with Crippen molar-refractivity contribution in [3.63, 3.8) is 0 Å². The lowest BCUT2D eigenvalue weighted by Gasteiger charge is -2.36. The van der Waals surface area contributed by atoms with Gasteiger partial charge in [0.1, 0.15) is 5.75 Å². The second-order valence-electron chi connectivity index (χ2n) is 7.12. The average Bonchev–Trinajstić information content (AvgIpc) is 2.78. The van der Waals surface area contributed by atoms with Crippen LogP contribution in [-0.4, -0.2) is 43.3 Å². The summed E-state index contributed by atoms with van der Waals surface area (Å²) in [5.41, 5.74) is 0.807. The summed E-state index contributed by atoms with van der Waals surface area (Å²) in [5.74, 6) is 0.692. The van der Waals surface area contributed by atoms with Crippen LogP contribution in [0.3, 0.4) is 0 Å².